The minimum Gasteiger partial charge on any atom is -0.494 e. The number of aromatic nitrogens is 2. The van der Waals surface area contributed by atoms with Crippen molar-refractivity contribution in [2.75, 3.05) is 68.5 Å². The van der Waals surface area contributed by atoms with E-state index in [0.717, 1.165) is 23.9 Å². The maximum Gasteiger partial charge on any atom is 0.247 e. The molecule has 4 aromatic rings. The lowest BCUT2D eigenvalue weighted by molar-refractivity contribution is -0.111. The predicted molar refractivity (Wildman–Crippen MR) is 177 cm³/mol. The number of ether oxygens (including phenoxy) is 1. The Morgan fingerprint density at radius 3 is 2.54 bits per heavy atom. The van der Waals surface area contributed by atoms with Gasteiger partial charge >= 0.3 is 0 Å². The number of nitrogens with zero attached hydrogens (tertiary/aromatic N) is 5. The molecule has 2 N–H and O–H groups in total. The summed E-state index contributed by atoms with van der Waals surface area (Å²) in [5, 5.41) is 7.91. The summed E-state index contributed by atoms with van der Waals surface area (Å²) in [7, 11) is 7.52. The lowest BCUT2D eigenvalue weighted by Crippen LogP contribution is -2.29. The number of amides is 1. The Morgan fingerprint density at radius 2 is 1.83 bits per heavy atom. The van der Waals surface area contributed by atoms with Crippen LogP contribution < -0.4 is 25.3 Å². The Morgan fingerprint density at radius 1 is 1.04 bits per heavy atom. The fourth-order valence-corrected chi connectivity index (χ4v) is 5.22. The summed E-state index contributed by atoms with van der Waals surface area (Å²) in [5.41, 5.74) is 3.97. The number of benzene rings is 3. The fraction of sp³-hybridized carbons (Fsp3) is 0.265. The van der Waals surface area contributed by atoms with Gasteiger partial charge in [0.05, 0.1) is 36.8 Å². The summed E-state index contributed by atoms with van der Waals surface area (Å²) in [6, 6.07) is 16.2. The van der Waals surface area contributed by atoms with E-state index in [9.17, 15) is 13.6 Å². The van der Waals surface area contributed by atoms with E-state index in [1.165, 1.54) is 24.5 Å². The van der Waals surface area contributed by atoms with Crippen LogP contribution in [0.3, 0.4) is 0 Å². The van der Waals surface area contributed by atoms with Gasteiger partial charge in [0.25, 0.3) is 0 Å². The molecule has 3 aromatic carbocycles. The lowest BCUT2D eigenvalue weighted by atomic mass is 9.98. The van der Waals surface area contributed by atoms with Crippen molar-refractivity contribution in [2.45, 2.75) is 12.5 Å². The van der Waals surface area contributed by atoms with Crippen LogP contribution in [0, 0.1) is 11.6 Å². The van der Waals surface area contributed by atoms with Crippen LogP contribution in [0.2, 0.25) is 0 Å². The van der Waals surface area contributed by atoms with Crippen LogP contribution in [-0.4, -0.2) is 68.7 Å². The van der Waals surface area contributed by atoms with E-state index in [2.05, 4.69) is 32.1 Å². The molecule has 1 fully saturated rings. The number of hydrogen-bond acceptors (Lipinski definition) is 9. The first-order valence-electron chi connectivity index (χ1n) is 14.7. The highest BCUT2D eigenvalue weighted by molar-refractivity contribution is 6.02. The van der Waals surface area contributed by atoms with Crippen LogP contribution in [-0.2, 0) is 9.63 Å². The number of likely N-dealkylation sites (N-methyl/N-ethyl adjacent to an activating group) is 2. The third kappa shape index (κ3) is 7.59. The minimum atomic E-state index is -0.634. The van der Waals surface area contributed by atoms with Gasteiger partial charge in [0.2, 0.25) is 5.91 Å². The molecule has 2 heterocycles. The topological polar surface area (TPSA) is 95.1 Å². The highest BCUT2D eigenvalue weighted by Gasteiger charge is 2.29. The molecule has 1 atom stereocenters. The summed E-state index contributed by atoms with van der Waals surface area (Å²) in [4.78, 5) is 31.3. The van der Waals surface area contributed by atoms with Gasteiger partial charge < -0.3 is 25.2 Å². The molecule has 0 spiro atoms. The molecule has 0 unspecified atom stereocenters. The van der Waals surface area contributed by atoms with Crippen molar-refractivity contribution < 1.29 is 23.1 Å². The Labute approximate surface area is 267 Å². The zero-order chi connectivity index (χ0) is 32.8. The molecule has 46 heavy (non-hydrogen) atoms. The van der Waals surface area contributed by atoms with Gasteiger partial charge in [0.15, 0.2) is 5.82 Å². The first-order valence-corrected chi connectivity index (χ1v) is 14.7. The fourth-order valence-electron chi connectivity index (χ4n) is 5.22. The van der Waals surface area contributed by atoms with Gasteiger partial charge in [-0.25, -0.2) is 23.8 Å². The number of hydrogen-bond donors (Lipinski definition) is 2. The van der Waals surface area contributed by atoms with E-state index in [-0.39, 0.29) is 11.9 Å². The minimum absolute atomic E-state index is 0.201. The molecule has 0 bridgehead atoms. The van der Waals surface area contributed by atoms with E-state index in [4.69, 9.17) is 9.57 Å². The van der Waals surface area contributed by atoms with E-state index in [0.29, 0.717) is 59.5 Å². The number of anilines is 5. The average molecular weight is 630 g/mol. The van der Waals surface area contributed by atoms with Gasteiger partial charge in [-0.1, -0.05) is 24.8 Å². The van der Waals surface area contributed by atoms with Crippen LogP contribution in [0.1, 0.15) is 18.0 Å². The van der Waals surface area contributed by atoms with Gasteiger partial charge in [-0.05, 0) is 61.1 Å². The zero-order valence-corrected chi connectivity index (χ0v) is 26.3. The predicted octanol–water partition coefficient (Wildman–Crippen LogP) is 6.18. The first kappa shape index (κ1) is 32.3. The van der Waals surface area contributed by atoms with Gasteiger partial charge in [-0.2, -0.15) is 0 Å². The third-order valence-corrected chi connectivity index (χ3v) is 7.57. The number of nitrogens with one attached hydrogen (secondary N) is 2. The molecule has 0 radical (unpaired) electrons. The standard InChI is InChI=1S/C34H37F2N7O3/c1-6-34(44)40-27-18-28(31(45-5)19-30(27)42(4)12-11-41(2)3)39-32-20-33(38-21-37-32)43-29(10-13-46-43)23-9-7-8-22(14-23)24-15-25(35)17-26(36)16-24/h6-9,14-21,29H,1,10-13H2,2-5H3,(H,40,44)(H,37,38,39)/t29-/m1/s1. The van der Waals surface area contributed by atoms with E-state index < -0.39 is 11.6 Å². The van der Waals surface area contributed by atoms with E-state index in [1.54, 1.807) is 24.3 Å². The normalized spacial score (nSPS) is 14.3. The molecule has 12 heteroatoms. The van der Waals surface area contributed by atoms with Crippen molar-refractivity contribution >= 4 is 34.6 Å². The smallest absolute Gasteiger partial charge is 0.247 e. The SMILES string of the molecule is C=CC(=O)Nc1cc(Nc2cc(N3OCC[C@@H]3c3cccc(-c4cc(F)cc(F)c4)c3)ncn2)c(OC)cc1N(C)CCN(C)C. The lowest BCUT2D eigenvalue weighted by Gasteiger charge is -2.26. The molecule has 240 valence electrons. The van der Waals surface area contributed by atoms with Crippen LogP contribution in [0.5, 0.6) is 5.75 Å². The van der Waals surface area contributed by atoms with Crippen molar-refractivity contribution in [3.8, 4) is 16.9 Å². The number of rotatable bonds is 12. The summed E-state index contributed by atoms with van der Waals surface area (Å²) >= 11 is 0. The molecule has 1 saturated heterocycles. The van der Waals surface area contributed by atoms with E-state index in [1.807, 2.05) is 56.4 Å². The number of carbonyl (C=O) groups is 1. The van der Waals surface area contributed by atoms with Crippen molar-refractivity contribution in [3.63, 3.8) is 0 Å². The Hall–Kier alpha value is -5.07. The molecular formula is C34H37F2N7O3. The number of carbonyl (C=O) groups excluding carboxylic acids is 1. The second kappa shape index (κ2) is 14.4. The maximum atomic E-state index is 13.9. The van der Waals surface area contributed by atoms with Gasteiger partial charge in [0, 0.05) is 44.8 Å². The highest BCUT2D eigenvalue weighted by Crippen LogP contribution is 2.40. The average Bonchev–Trinajstić information content (AvgIpc) is 3.54. The zero-order valence-electron chi connectivity index (χ0n) is 26.3. The highest BCUT2D eigenvalue weighted by atomic mass is 19.1. The quantitative estimate of drug-likeness (QED) is 0.178. The monoisotopic (exact) mass is 629 g/mol. The second-order valence-corrected chi connectivity index (χ2v) is 11.1. The summed E-state index contributed by atoms with van der Waals surface area (Å²) in [5.74, 6) is -0.0799. The maximum absolute atomic E-state index is 13.9. The number of halogens is 2. The Balaban J connectivity index is 1.42. The van der Waals surface area contributed by atoms with Crippen molar-refractivity contribution in [3.05, 3.63) is 96.8 Å². The van der Waals surface area contributed by atoms with Gasteiger partial charge in [-0.3, -0.25) is 9.63 Å². The largest absolute Gasteiger partial charge is 0.494 e. The molecule has 1 aliphatic rings. The molecule has 0 aliphatic carbocycles. The number of methoxy groups -OCH3 is 1. The molecular weight excluding hydrogens is 592 g/mol. The molecule has 1 aliphatic heterocycles. The van der Waals surface area contributed by atoms with E-state index >= 15 is 0 Å². The molecule has 1 amide bonds. The summed E-state index contributed by atoms with van der Waals surface area (Å²) in [6.07, 6.45) is 3.32. The van der Waals surface area contributed by atoms with Crippen LogP contribution in [0.4, 0.5) is 37.5 Å². The number of hydroxylamine groups is 1. The van der Waals surface area contributed by atoms with Crippen LogP contribution >= 0.6 is 0 Å². The third-order valence-electron chi connectivity index (χ3n) is 7.57. The molecule has 5 rings (SSSR count). The summed E-state index contributed by atoms with van der Waals surface area (Å²) < 4.78 is 33.6. The van der Waals surface area contributed by atoms with Crippen molar-refractivity contribution in [2.24, 2.45) is 0 Å². The van der Waals surface area contributed by atoms with Crippen molar-refractivity contribution in [1.82, 2.24) is 14.9 Å². The molecule has 1 aromatic heterocycles. The summed E-state index contributed by atoms with van der Waals surface area (Å²) in [6.45, 7) is 5.57. The Kier molecular flexibility index (Phi) is 10.1. The van der Waals surface area contributed by atoms with Gasteiger partial charge in [-0.15, -0.1) is 0 Å². The van der Waals surface area contributed by atoms with Crippen LogP contribution in [0.15, 0.2) is 79.6 Å². The van der Waals surface area contributed by atoms with Crippen LogP contribution in [0.25, 0.3) is 11.1 Å². The Bertz CT molecular complexity index is 1700. The molecule has 10 nitrogen and oxygen atoms in total. The van der Waals surface area contributed by atoms with Gasteiger partial charge in [0.1, 0.15) is 29.5 Å². The molecule has 0 saturated carbocycles. The van der Waals surface area contributed by atoms with Crippen molar-refractivity contribution in [1.29, 1.82) is 0 Å². The first-order chi connectivity index (χ1) is 22.1. The second-order valence-electron chi connectivity index (χ2n) is 11.1.